The molecule has 0 bridgehead atoms. The summed E-state index contributed by atoms with van der Waals surface area (Å²) in [7, 11) is 0. The first kappa shape index (κ1) is 24.6. The number of halogens is 2. The molecule has 0 radical (unpaired) electrons. The molecule has 3 aromatic carbocycles. The van der Waals surface area contributed by atoms with Gasteiger partial charge < -0.3 is 17.2 Å². The van der Waals surface area contributed by atoms with Gasteiger partial charge in [-0.3, -0.25) is 9.59 Å². The monoisotopic (exact) mass is 450 g/mol. The minimum atomic E-state index is -1.30. The number of benzene rings is 3. The molecule has 6 nitrogen and oxygen atoms in total. The second-order valence-corrected chi connectivity index (χ2v) is 6.88. The Morgan fingerprint density at radius 3 is 2.06 bits per heavy atom. The SMILES string of the molecule is Cc1ccc(-c2ccc(F)cc2)cc1NC(=O)C(=O)Nc1ccc(Cl)cc1C(=O)O.[H-].[Na+]. The molecular weight excluding hydrogens is 434 g/mol. The number of hydrogen-bond donors (Lipinski definition) is 3. The second kappa shape index (κ2) is 10.5. The summed E-state index contributed by atoms with van der Waals surface area (Å²) in [5.41, 5.74) is 2.28. The summed E-state index contributed by atoms with van der Waals surface area (Å²) in [6.07, 6.45) is 0. The van der Waals surface area contributed by atoms with Crippen LogP contribution in [0.4, 0.5) is 15.8 Å². The quantitative estimate of drug-likeness (QED) is 0.417. The Bertz CT molecular complexity index is 1160. The smallest absolute Gasteiger partial charge is 1.00 e. The van der Waals surface area contributed by atoms with Crippen LogP contribution in [-0.2, 0) is 9.59 Å². The number of anilines is 2. The number of hydrogen-bond acceptors (Lipinski definition) is 3. The van der Waals surface area contributed by atoms with Crippen LogP contribution >= 0.6 is 11.6 Å². The van der Waals surface area contributed by atoms with E-state index in [1.54, 1.807) is 31.2 Å². The number of aryl methyl sites for hydroxylation is 1. The number of carboxylic acid groups (broad SMARTS) is 1. The molecule has 0 fully saturated rings. The molecule has 0 unspecified atom stereocenters. The molecule has 3 aromatic rings. The van der Waals surface area contributed by atoms with Crippen molar-refractivity contribution in [1.29, 1.82) is 0 Å². The van der Waals surface area contributed by atoms with Crippen molar-refractivity contribution in [1.82, 2.24) is 0 Å². The van der Waals surface area contributed by atoms with Crippen molar-refractivity contribution < 1.29 is 54.9 Å². The van der Waals surface area contributed by atoms with E-state index in [0.717, 1.165) is 11.1 Å². The normalized spacial score (nSPS) is 10.0. The Hall–Kier alpha value is -2.71. The van der Waals surface area contributed by atoms with Crippen molar-refractivity contribution >= 4 is 40.8 Å². The van der Waals surface area contributed by atoms with E-state index in [2.05, 4.69) is 10.6 Å². The van der Waals surface area contributed by atoms with E-state index >= 15 is 0 Å². The average Bonchev–Trinajstić information content (AvgIpc) is 2.71. The Morgan fingerprint density at radius 2 is 1.45 bits per heavy atom. The average molecular weight is 451 g/mol. The molecule has 0 aromatic heterocycles. The van der Waals surface area contributed by atoms with E-state index in [-0.39, 0.29) is 53.1 Å². The van der Waals surface area contributed by atoms with Crippen LogP contribution in [0.15, 0.2) is 60.7 Å². The van der Waals surface area contributed by atoms with E-state index in [0.29, 0.717) is 11.3 Å². The number of aromatic carboxylic acids is 1. The molecule has 3 rings (SSSR count). The third-order valence-electron chi connectivity index (χ3n) is 4.33. The molecule has 154 valence electrons. The fraction of sp³-hybridized carbons (Fsp3) is 0.0455. The van der Waals surface area contributed by atoms with Crippen LogP contribution in [0.3, 0.4) is 0 Å². The van der Waals surface area contributed by atoms with Crippen molar-refractivity contribution in [2.24, 2.45) is 0 Å². The standard InChI is InChI=1S/C22H16ClFN2O4.Na.H/c1-12-2-3-14(13-4-7-16(24)8-5-13)10-19(12)26-21(28)20(27)25-18-9-6-15(23)11-17(18)22(29)30;;/h2-11H,1H3,(H,25,27)(H,26,28)(H,29,30);;/q;+1;-1. The molecule has 0 heterocycles. The molecule has 0 saturated carbocycles. The van der Waals surface area contributed by atoms with Crippen molar-refractivity contribution in [3.05, 3.63) is 82.6 Å². The van der Waals surface area contributed by atoms with E-state index < -0.39 is 17.8 Å². The maximum Gasteiger partial charge on any atom is 1.00 e. The molecule has 9 heteroatoms. The predicted octanol–water partition coefficient (Wildman–Crippen LogP) is 1.85. The Labute approximate surface area is 206 Å². The minimum absolute atomic E-state index is 0. The van der Waals surface area contributed by atoms with E-state index in [1.165, 1.54) is 30.3 Å². The Kier molecular flexibility index (Phi) is 8.36. The van der Waals surface area contributed by atoms with Crippen LogP contribution < -0.4 is 40.2 Å². The summed E-state index contributed by atoms with van der Waals surface area (Å²) in [5, 5.41) is 14.2. The van der Waals surface area contributed by atoms with Crippen LogP contribution in [0.2, 0.25) is 5.02 Å². The summed E-state index contributed by atoms with van der Waals surface area (Å²) in [4.78, 5) is 36.0. The fourth-order valence-corrected chi connectivity index (χ4v) is 2.91. The molecule has 2 amide bonds. The maximum atomic E-state index is 13.1. The van der Waals surface area contributed by atoms with E-state index in [4.69, 9.17) is 11.6 Å². The maximum absolute atomic E-state index is 13.1. The van der Waals surface area contributed by atoms with Gasteiger partial charge in [0.1, 0.15) is 5.82 Å². The van der Waals surface area contributed by atoms with Crippen molar-refractivity contribution in [3.63, 3.8) is 0 Å². The minimum Gasteiger partial charge on any atom is -1.00 e. The molecule has 0 aliphatic rings. The summed E-state index contributed by atoms with van der Waals surface area (Å²) in [6.45, 7) is 1.75. The van der Waals surface area contributed by atoms with Gasteiger partial charge >= 0.3 is 47.3 Å². The van der Waals surface area contributed by atoms with Crippen LogP contribution in [0.25, 0.3) is 11.1 Å². The van der Waals surface area contributed by atoms with Gasteiger partial charge in [0.05, 0.1) is 11.3 Å². The summed E-state index contributed by atoms with van der Waals surface area (Å²) < 4.78 is 13.1. The molecule has 0 saturated heterocycles. The molecular formula is C22H17ClFN2NaO4. The third-order valence-corrected chi connectivity index (χ3v) is 4.56. The van der Waals surface area contributed by atoms with Gasteiger partial charge in [-0.05, 0) is 60.0 Å². The van der Waals surface area contributed by atoms with Gasteiger partial charge in [0.2, 0.25) is 0 Å². The Balaban J connectivity index is 0.00000256. The van der Waals surface area contributed by atoms with Gasteiger partial charge in [0, 0.05) is 10.7 Å². The molecule has 0 atom stereocenters. The number of carboxylic acids is 1. The largest absolute Gasteiger partial charge is 1.00 e. The van der Waals surface area contributed by atoms with E-state index in [1.807, 2.05) is 6.07 Å². The first-order valence-electron chi connectivity index (χ1n) is 8.76. The number of carbonyl (C=O) groups excluding carboxylic acids is 2. The van der Waals surface area contributed by atoms with Crippen LogP contribution in [0.5, 0.6) is 0 Å². The van der Waals surface area contributed by atoms with Gasteiger partial charge in [0.25, 0.3) is 0 Å². The first-order valence-corrected chi connectivity index (χ1v) is 9.14. The van der Waals surface area contributed by atoms with Crippen LogP contribution in [0, 0.1) is 12.7 Å². The van der Waals surface area contributed by atoms with Gasteiger partial charge in [-0.1, -0.05) is 35.9 Å². The second-order valence-electron chi connectivity index (χ2n) is 6.44. The van der Waals surface area contributed by atoms with Crippen molar-refractivity contribution in [3.8, 4) is 11.1 Å². The number of nitrogens with one attached hydrogen (secondary N) is 2. The van der Waals surface area contributed by atoms with E-state index in [9.17, 15) is 23.9 Å². The Morgan fingerprint density at radius 1 is 0.871 bits per heavy atom. The predicted molar refractivity (Wildman–Crippen MR) is 113 cm³/mol. The number of rotatable bonds is 4. The van der Waals surface area contributed by atoms with Gasteiger partial charge in [-0.2, -0.15) is 0 Å². The molecule has 31 heavy (non-hydrogen) atoms. The zero-order chi connectivity index (χ0) is 21.8. The molecule has 0 spiro atoms. The summed E-state index contributed by atoms with van der Waals surface area (Å²) in [5.74, 6) is -3.66. The molecule has 0 aliphatic carbocycles. The summed E-state index contributed by atoms with van der Waals surface area (Å²) >= 11 is 5.78. The van der Waals surface area contributed by atoms with Crippen LogP contribution in [-0.4, -0.2) is 22.9 Å². The van der Waals surface area contributed by atoms with Gasteiger partial charge in [-0.25, -0.2) is 9.18 Å². The van der Waals surface area contributed by atoms with Gasteiger partial charge in [0.15, 0.2) is 0 Å². The molecule has 0 aliphatic heterocycles. The fourth-order valence-electron chi connectivity index (χ4n) is 2.74. The van der Waals surface area contributed by atoms with Crippen molar-refractivity contribution in [2.75, 3.05) is 10.6 Å². The van der Waals surface area contributed by atoms with Crippen LogP contribution in [0.1, 0.15) is 17.3 Å². The van der Waals surface area contributed by atoms with Gasteiger partial charge in [-0.15, -0.1) is 0 Å². The summed E-state index contributed by atoms with van der Waals surface area (Å²) in [6, 6.07) is 15.0. The zero-order valence-electron chi connectivity index (χ0n) is 17.7. The number of carbonyl (C=O) groups is 3. The van der Waals surface area contributed by atoms with Crippen molar-refractivity contribution in [2.45, 2.75) is 6.92 Å². The molecule has 3 N–H and O–H groups in total. The first-order chi connectivity index (χ1) is 14.2. The third kappa shape index (κ3) is 6.15. The zero-order valence-corrected chi connectivity index (χ0v) is 19.5. The number of amides is 2. The topological polar surface area (TPSA) is 95.5 Å².